The lowest BCUT2D eigenvalue weighted by atomic mass is 10.0. The van der Waals surface area contributed by atoms with Gasteiger partial charge < -0.3 is 4.57 Å². The Labute approximate surface area is 79.9 Å². The van der Waals surface area contributed by atoms with Gasteiger partial charge in [0, 0.05) is 12.2 Å². The fourth-order valence-electron chi connectivity index (χ4n) is 1.62. The molecule has 0 amide bonds. The summed E-state index contributed by atoms with van der Waals surface area (Å²) in [4.78, 5) is 0. The first kappa shape index (κ1) is 8.14. The van der Waals surface area contributed by atoms with Crippen molar-refractivity contribution >= 4 is 25.8 Å². The highest BCUT2D eigenvalue weighted by Gasteiger charge is 2.14. The molecule has 0 spiro atoms. The predicted molar refractivity (Wildman–Crippen MR) is 53.7 cm³/mol. The molecule has 0 aromatic heterocycles. The van der Waals surface area contributed by atoms with Crippen molar-refractivity contribution in [1.82, 2.24) is 0 Å². The lowest BCUT2D eigenvalue weighted by Gasteiger charge is -2.28. The third kappa shape index (κ3) is 1.36. The molecular formula is C9H10ClNSi. The van der Waals surface area contributed by atoms with E-state index in [0.29, 0.717) is 8.99 Å². The van der Waals surface area contributed by atoms with Crippen LogP contribution in [0.25, 0.3) is 0 Å². The topological polar surface area (TPSA) is 3.24 Å². The maximum Gasteiger partial charge on any atom is 0.311 e. The Morgan fingerprint density at radius 3 is 3.00 bits per heavy atom. The average molecular weight is 196 g/mol. The lowest BCUT2D eigenvalue weighted by Crippen LogP contribution is -2.30. The Hall–Kier alpha value is -0.473. The summed E-state index contributed by atoms with van der Waals surface area (Å²) in [5.74, 6) is 0. The van der Waals surface area contributed by atoms with E-state index in [1.807, 2.05) is 0 Å². The molecule has 1 nitrogen and oxygen atoms in total. The number of anilines is 1. The van der Waals surface area contributed by atoms with Gasteiger partial charge in [0.15, 0.2) is 0 Å². The molecule has 0 saturated heterocycles. The predicted octanol–water partition coefficient (Wildman–Crippen LogP) is 2.21. The molecule has 12 heavy (non-hydrogen) atoms. The molecule has 1 aromatic rings. The summed E-state index contributed by atoms with van der Waals surface area (Å²) in [6, 6.07) is 8.52. The van der Waals surface area contributed by atoms with Gasteiger partial charge in [-0.15, -0.1) is 11.1 Å². The van der Waals surface area contributed by atoms with E-state index >= 15 is 0 Å². The van der Waals surface area contributed by atoms with Gasteiger partial charge in [0.2, 0.25) is 0 Å². The van der Waals surface area contributed by atoms with Gasteiger partial charge in [-0.2, -0.15) is 0 Å². The first-order valence-electron chi connectivity index (χ1n) is 4.13. The van der Waals surface area contributed by atoms with Gasteiger partial charge >= 0.3 is 8.99 Å². The maximum absolute atomic E-state index is 5.86. The Kier molecular flexibility index (Phi) is 2.37. The fourth-order valence-corrected chi connectivity index (χ4v) is 2.70. The van der Waals surface area contributed by atoms with Crippen LogP contribution >= 0.6 is 11.1 Å². The van der Waals surface area contributed by atoms with Crippen LogP contribution in [0.15, 0.2) is 24.3 Å². The Bertz CT molecular complexity index is 277. The molecule has 62 valence electrons. The highest BCUT2D eigenvalue weighted by Crippen LogP contribution is 2.25. The molecule has 0 bridgehead atoms. The van der Waals surface area contributed by atoms with Gasteiger partial charge in [0.05, 0.1) is 0 Å². The van der Waals surface area contributed by atoms with E-state index in [2.05, 4.69) is 28.8 Å². The number of halogens is 1. The molecule has 2 rings (SSSR count). The van der Waals surface area contributed by atoms with Crippen LogP contribution in [0.1, 0.15) is 12.0 Å². The minimum Gasteiger partial charge on any atom is -0.385 e. The van der Waals surface area contributed by atoms with Gasteiger partial charge in [-0.3, -0.25) is 0 Å². The van der Waals surface area contributed by atoms with Gasteiger partial charge in [-0.1, -0.05) is 18.2 Å². The van der Waals surface area contributed by atoms with Crippen molar-refractivity contribution in [1.29, 1.82) is 0 Å². The number of para-hydroxylation sites is 1. The van der Waals surface area contributed by atoms with Crippen LogP contribution in [-0.2, 0) is 6.42 Å². The van der Waals surface area contributed by atoms with Crippen molar-refractivity contribution in [3.8, 4) is 0 Å². The first-order valence-corrected chi connectivity index (χ1v) is 6.09. The number of hydrogen-bond donors (Lipinski definition) is 0. The van der Waals surface area contributed by atoms with Crippen LogP contribution in [0.5, 0.6) is 0 Å². The van der Waals surface area contributed by atoms with Crippen LogP contribution in [0.4, 0.5) is 5.69 Å². The van der Waals surface area contributed by atoms with Crippen molar-refractivity contribution in [2.75, 3.05) is 11.1 Å². The molecule has 1 aliphatic heterocycles. The smallest absolute Gasteiger partial charge is 0.311 e. The van der Waals surface area contributed by atoms with Crippen LogP contribution < -0.4 is 4.57 Å². The second kappa shape index (κ2) is 3.50. The van der Waals surface area contributed by atoms with Crippen molar-refractivity contribution in [3.63, 3.8) is 0 Å². The van der Waals surface area contributed by atoms with Crippen molar-refractivity contribution < 1.29 is 0 Å². The Morgan fingerprint density at radius 2 is 2.17 bits per heavy atom. The maximum atomic E-state index is 5.86. The first-order chi connectivity index (χ1) is 5.92. The van der Waals surface area contributed by atoms with Crippen molar-refractivity contribution in [3.05, 3.63) is 29.8 Å². The van der Waals surface area contributed by atoms with Crippen molar-refractivity contribution in [2.45, 2.75) is 12.8 Å². The van der Waals surface area contributed by atoms with Crippen LogP contribution in [0.3, 0.4) is 0 Å². The van der Waals surface area contributed by atoms with E-state index in [1.54, 1.807) is 0 Å². The summed E-state index contributed by atoms with van der Waals surface area (Å²) in [6.45, 7) is 1.11. The molecular weight excluding hydrogens is 186 g/mol. The zero-order valence-corrected chi connectivity index (χ0v) is 8.51. The number of rotatable bonds is 1. The zero-order chi connectivity index (χ0) is 8.39. The highest BCUT2D eigenvalue weighted by atomic mass is 35.6. The van der Waals surface area contributed by atoms with Gasteiger partial charge in [0.25, 0.3) is 0 Å². The highest BCUT2D eigenvalue weighted by molar-refractivity contribution is 6.95. The normalized spacial score (nSPS) is 15.9. The largest absolute Gasteiger partial charge is 0.385 e. The Morgan fingerprint density at radius 1 is 1.33 bits per heavy atom. The summed E-state index contributed by atoms with van der Waals surface area (Å²) in [6.07, 6.45) is 2.44. The summed E-state index contributed by atoms with van der Waals surface area (Å²) in [5.41, 5.74) is 2.77. The van der Waals surface area contributed by atoms with E-state index in [-0.39, 0.29) is 0 Å². The SMILES string of the molecule is Cl[Si]N1CCCc2ccccc21. The standard InChI is InChI=1S/C9H10ClNSi/c10-12-11-7-3-5-8-4-1-2-6-9(8)11/h1-2,4,6H,3,5,7H2. The molecule has 3 heteroatoms. The van der Waals surface area contributed by atoms with Crippen LogP contribution in [0.2, 0.25) is 0 Å². The molecule has 0 N–H and O–H groups in total. The van der Waals surface area contributed by atoms with Crippen LogP contribution in [-0.4, -0.2) is 15.5 Å². The number of hydrogen-bond acceptors (Lipinski definition) is 1. The molecule has 0 saturated carbocycles. The van der Waals surface area contributed by atoms with Gasteiger partial charge in [-0.25, -0.2) is 0 Å². The Balaban J connectivity index is 2.37. The second-order valence-corrected chi connectivity index (χ2v) is 4.18. The van der Waals surface area contributed by atoms with Crippen LogP contribution in [0, 0.1) is 0 Å². The number of benzene rings is 1. The molecule has 0 fully saturated rings. The minimum atomic E-state index is 0.380. The van der Waals surface area contributed by atoms with Crippen molar-refractivity contribution in [2.24, 2.45) is 0 Å². The number of aryl methyl sites for hydroxylation is 1. The van der Waals surface area contributed by atoms with Gasteiger partial charge in [0.1, 0.15) is 0 Å². The molecule has 1 heterocycles. The quantitative estimate of drug-likeness (QED) is 0.491. The molecule has 0 atom stereocenters. The van der Waals surface area contributed by atoms with E-state index in [1.165, 1.54) is 24.1 Å². The molecule has 1 aliphatic rings. The third-order valence-corrected chi connectivity index (χ3v) is 3.49. The summed E-state index contributed by atoms with van der Waals surface area (Å²) in [5, 5.41) is 0. The second-order valence-electron chi connectivity index (χ2n) is 2.97. The number of fused-ring (bicyclic) bond motifs is 1. The molecule has 0 aliphatic carbocycles. The molecule has 2 radical (unpaired) electrons. The average Bonchev–Trinajstić information content (AvgIpc) is 2.17. The summed E-state index contributed by atoms with van der Waals surface area (Å²) >= 11 is 5.86. The monoisotopic (exact) mass is 195 g/mol. The fraction of sp³-hybridized carbons (Fsp3) is 0.333. The van der Waals surface area contributed by atoms with E-state index in [4.69, 9.17) is 11.1 Å². The lowest BCUT2D eigenvalue weighted by molar-refractivity contribution is 0.790. The van der Waals surface area contributed by atoms with E-state index in [0.717, 1.165) is 6.54 Å². The third-order valence-electron chi connectivity index (χ3n) is 2.21. The minimum absolute atomic E-state index is 0.380. The zero-order valence-electron chi connectivity index (χ0n) is 6.76. The van der Waals surface area contributed by atoms with E-state index < -0.39 is 0 Å². The number of nitrogens with zero attached hydrogens (tertiary/aromatic N) is 1. The van der Waals surface area contributed by atoms with E-state index in [9.17, 15) is 0 Å². The summed E-state index contributed by atoms with van der Waals surface area (Å²) < 4.78 is 2.25. The molecule has 1 aromatic carbocycles. The van der Waals surface area contributed by atoms with Gasteiger partial charge in [-0.05, 0) is 24.5 Å². The molecule has 0 unspecified atom stereocenters. The summed E-state index contributed by atoms with van der Waals surface area (Å²) in [7, 11) is 0.380.